The van der Waals surface area contributed by atoms with E-state index in [9.17, 15) is 13.2 Å². The first-order chi connectivity index (χ1) is 9.77. The van der Waals surface area contributed by atoms with Gasteiger partial charge in [-0.05, 0) is 42.3 Å². The van der Waals surface area contributed by atoms with Gasteiger partial charge in [0.2, 0.25) is 0 Å². The summed E-state index contributed by atoms with van der Waals surface area (Å²) < 4.78 is 38.5. The van der Waals surface area contributed by atoms with Crippen molar-refractivity contribution in [2.45, 2.75) is 19.6 Å². The lowest BCUT2D eigenvalue weighted by molar-refractivity contribution is -0.138. The molecular formula is C15H12BrClF3N. The second kappa shape index (κ2) is 6.28. The van der Waals surface area contributed by atoms with Crippen LogP contribution in [0.4, 0.5) is 18.9 Å². The predicted octanol–water partition coefficient (Wildman–Crippen LogP) is 6.04. The standard InChI is InChI=1S/C15H12BrClF3N/c1-9-2-3-10(14(17)6-9)8-21-11-4-5-13(16)12(7-11)15(18,19)20/h2-7,21H,8H2,1H3. The van der Waals surface area contributed by atoms with Crippen molar-refractivity contribution in [3.05, 3.63) is 62.6 Å². The Balaban J connectivity index is 2.17. The first-order valence-electron chi connectivity index (χ1n) is 6.13. The zero-order valence-corrected chi connectivity index (χ0v) is 13.4. The molecule has 0 spiro atoms. The van der Waals surface area contributed by atoms with Gasteiger partial charge >= 0.3 is 6.18 Å². The minimum absolute atomic E-state index is 0.0221. The van der Waals surface area contributed by atoms with Crippen LogP contribution in [0.25, 0.3) is 0 Å². The van der Waals surface area contributed by atoms with Gasteiger partial charge in [0.15, 0.2) is 0 Å². The van der Waals surface area contributed by atoms with Crippen LogP contribution in [-0.4, -0.2) is 0 Å². The van der Waals surface area contributed by atoms with Gasteiger partial charge in [0.1, 0.15) is 0 Å². The summed E-state index contributed by atoms with van der Waals surface area (Å²) in [6, 6.07) is 9.62. The average Bonchev–Trinajstić information content (AvgIpc) is 2.38. The van der Waals surface area contributed by atoms with Crippen LogP contribution < -0.4 is 5.32 Å². The van der Waals surface area contributed by atoms with Crippen molar-refractivity contribution in [1.82, 2.24) is 0 Å². The van der Waals surface area contributed by atoms with Gasteiger partial charge in [-0.25, -0.2) is 0 Å². The number of rotatable bonds is 3. The highest BCUT2D eigenvalue weighted by atomic mass is 79.9. The van der Waals surface area contributed by atoms with Gasteiger partial charge in [-0.1, -0.05) is 39.7 Å². The van der Waals surface area contributed by atoms with E-state index in [0.29, 0.717) is 17.3 Å². The van der Waals surface area contributed by atoms with Crippen LogP contribution in [0.3, 0.4) is 0 Å². The van der Waals surface area contributed by atoms with Gasteiger partial charge < -0.3 is 5.32 Å². The van der Waals surface area contributed by atoms with E-state index < -0.39 is 11.7 Å². The number of anilines is 1. The molecule has 0 unspecified atom stereocenters. The van der Waals surface area contributed by atoms with Crippen LogP contribution in [0.5, 0.6) is 0 Å². The maximum absolute atomic E-state index is 12.8. The number of aryl methyl sites for hydroxylation is 1. The Hall–Kier alpha value is -1.20. The molecule has 2 aromatic rings. The predicted molar refractivity (Wildman–Crippen MR) is 82.7 cm³/mol. The maximum atomic E-state index is 12.8. The van der Waals surface area contributed by atoms with Gasteiger partial charge in [0.05, 0.1) is 5.56 Å². The summed E-state index contributed by atoms with van der Waals surface area (Å²) >= 11 is 9.01. The molecule has 0 heterocycles. The molecule has 2 aromatic carbocycles. The molecular weight excluding hydrogens is 367 g/mol. The van der Waals surface area contributed by atoms with Crippen molar-refractivity contribution < 1.29 is 13.2 Å². The molecule has 112 valence electrons. The molecule has 21 heavy (non-hydrogen) atoms. The summed E-state index contributed by atoms with van der Waals surface area (Å²) in [4.78, 5) is 0. The molecule has 0 bridgehead atoms. The molecule has 0 saturated carbocycles. The number of hydrogen-bond acceptors (Lipinski definition) is 1. The minimum atomic E-state index is -4.39. The SMILES string of the molecule is Cc1ccc(CNc2ccc(Br)c(C(F)(F)F)c2)c(Cl)c1. The van der Waals surface area contributed by atoms with E-state index in [2.05, 4.69) is 21.2 Å². The Morgan fingerprint density at radius 3 is 2.48 bits per heavy atom. The van der Waals surface area contributed by atoms with Gasteiger partial charge in [0.25, 0.3) is 0 Å². The summed E-state index contributed by atoms with van der Waals surface area (Å²) in [5, 5.41) is 3.55. The zero-order chi connectivity index (χ0) is 15.6. The number of alkyl halides is 3. The van der Waals surface area contributed by atoms with E-state index in [1.54, 1.807) is 6.07 Å². The monoisotopic (exact) mass is 377 g/mol. The molecule has 0 saturated heterocycles. The third-order valence-electron chi connectivity index (χ3n) is 2.96. The first kappa shape index (κ1) is 16.2. The van der Waals surface area contributed by atoms with Crippen LogP contribution in [0.1, 0.15) is 16.7 Å². The fraction of sp³-hybridized carbons (Fsp3) is 0.200. The fourth-order valence-electron chi connectivity index (χ4n) is 1.85. The fourth-order valence-corrected chi connectivity index (χ4v) is 2.62. The lowest BCUT2D eigenvalue weighted by atomic mass is 10.1. The van der Waals surface area contributed by atoms with Crippen LogP contribution in [0, 0.1) is 6.92 Å². The second-order valence-corrected chi connectivity index (χ2v) is 5.90. The van der Waals surface area contributed by atoms with Crippen LogP contribution >= 0.6 is 27.5 Å². The lowest BCUT2D eigenvalue weighted by Gasteiger charge is -2.13. The first-order valence-corrected chi connectivity index (χ1v) is 7.30. The highest BCUT2D eigenvalue weighted by molar-refractivity contribution is 9.10. The Morgan fingerprint density at radius 1 is 1.14 bits per heavy atom. The largest absolute Gasteiger partial charge is 0.417 e. The van der Waals surface area contributed by atoms with Crippen molar-refractivity contribution in [2.75, 3.05) is 5.32 Å². The number of halogens is 5. The Bertz CT molecular complexity index is 656. The van der Waals surface area contributed by atoms with Gasteiger partial charge in [-0.2, -0.15) is 13.2 Å². The molecule has 0 aliphatic heterocycles. The number of hydrogen-bond donors (Lipinski definition) is 1. The maximum Gasteiger partial charge on any atom is 0.417 e. The summed E-state index contributed by atoms with van der Waals surface area (Å²) in [6.45, 7) is 2.28. The minimum Gasteiger partial charge on any atom is -0.381 e. The normalized spacial score (nSPS) is 11.5. The summed E-state index contributed by atoms with van der Waals surface area (Å²) in [5.74, 6) is 0. The Morgan fingerprint density at radius 2 is 1.86 bits per heavy atom. The van der Waals surface area contributed by atoms with Crippen molar-refractivity contribution in [1.29, 1.82) is 0 Å². The van der Waals surface area contributed by atoms with E-state index >= 15 is 0 Å². The molecule has 0 fully saturated rings. The molecule has 2 rings (SSSR count). The van der Waals surface area contributed by atoms with Gasteiger partial charge in [-0.15, -0.1) is 0 Å². The Kier molecular flexibility index (Phi) is 4.84. The molecule has 0 atom stereocenters. The number of benzene rings is 2. The molecule has 1 N–H and O–H groups in total. The van der Waals surface area contributed by atoms with Crippen molar-refractivity contribution >= 4 is 33.2 Å². The molecule has 0 aromatic heterocycles. The summed E-state index contributed by atoms with van der Waals surface area (Å²) in [5.41, 5.74) is 1.55. The summed E-state index contributed by atoms with van der Waals surface area (Å²) in [6.07, 6.45) is -4.39. The molecule has 0 aliphatic carbocycles. The van der Waals surface area contributed by atoms with Crippen molar-refractivity contribution in [2.24, 2.45) is 0 Å². The van der Waals surface area contributed by atoms with E-state index in [0.717, 1.165) is 17.2 Å². The summed E-state index contributed by atoms with van der Waals surface area (Å²) in [7, 11) is 0. The molecule has 0 radical (unpaired) electrons. The van der Waals surface area contributed by atoms with Crippen LogP contribution in [0.15, 0.2) is 40.9 Å². The van der Waals surface area contributed by atoms with Gasteiger partial charge in [0, 0.05) is 21.7 Å². The van der Waals surface area contributed by atoms with E-state index in [-0.39, 0.29) is 4.47 Å². The van der Waals surface area contributed by atoms with E-state index in [4.69, 9.17) is 11.6 Å². The highest BCUT2D eigenvalue weighted by Gasteiger charge is 2.33. The van der Waals surface area contributed by atoms with Gasteiger partial charge in [-0.3, -0.25) is 0 Å². The van der Waals surface area contributed by atoms with E-state index in [1.165, 1.54) is 6.07 Å². The Labute approximate surface area is 134 Å². The van der Waals surface area contributed by atoms with E-state index in [1.807, 2.05) is 25.1 Å². The quantitative estimate of drug-likeness (QED) is 0.686. The molecule has 0 aliphatic rings. The second-order valence-electron chi connectivity index (χ2n) is 4.64. The third kappa shape index (κ3) is 4.14. The van der Waals surface area contributed by atoms with Crippen molar-refractivity contribution in [3.63, 3.8) is 0 Å². The number of nitrogens with one attached hydrogen (secondary N) is 1. The third-order valence-corrected chi connectivity index (χ3v) is 4.01. The van der Waals surface area contributed by atoms with Crippen molar-refractivity contribution in [3.8, 4) is 0 Å². The zero-order valence-electron chi connectivity index (χ0n) is 11.1. The molecule has 0 amide bonds. The molecule has 1 nitrogen and oxygen atoms in total. The van der Waals surface area contributed by atoms with Crippen LogP contribution in [-0.2, 0) is 12.7 Å². The average molecular weight is 379 g/mol. The highest BCUT2D eigenvalue weighted by Crippen LogP contribution is 2.36. The smallest absolute Gasteiger partial charge is 0.381 e. The lowest BCUT2D eigenvalue weighted by Crippen LogP contribution is -2.08. The topological polar surface area (TPSA) is 12.0 Å². The molecule has 6 heteroatoms. The van der Waals surface area contributed by atoms with Crippen LogP contribution in [0.2, 0.25) is 5.02 Å².